The van der Waals surface area contributed by atoms with Gasteiger partial charge < -0.3 is 9.73 Å². The van der Waals surface area contributed by atoms with Crippen molar-refractivity contribution >= 4 is 5.91 Å². The third-order valence-corrected chi connectivity index (χ3v) is 2.34. The summed E-state index contributed by atoms with van der Waals surface area (Å²) in [6, 6.07) is 3.42. The zero-order chi connectivity index (χ0) is 11.5. The zero-order valence-corrected chi connectivity index (χ0v) is 9.20. The van der Waals surface area contributed by atoms with Gasteiger partial charge in [-0.25, -0.2) is 0 Å². The Morgan fingerprint density at radius 3 is 2.88 bits per heavy atom. The van der Waals surface area contributed by atoms with E-state index in [0.29, 0.717) is 12.3 Å². The summed E-state index contributed by atoms with van der Waals surface area (Å²) in [4.78, 5) is 11.6. The molecule has 0 saturated carbocycles. The van der Waals surface area contributed by atoms with Crippen molar-refractivity contribution in [2.45, 2.75) is 20.4 Å². The van der Waals surface area contributed by atoms with Crippen molar-refractivity contribution in [1.29, 1.82) is 0 Å². The van der Waals surface area contributed by atoms with Gasteiger partial charge in [0.05, 0.1) is 6.20 Å². The van der Waals surface area contributed by atoms with E-state index in [2.05, 4.69) is 15.5 Å². The Morgan fingerprint density at radius 1 is 1.50 bits per heavy atom. The second kappa shape index (κ2) is 4.22. The molecule has 0 aliphatic carbocycles. The highest BCUT2D eigenvalue weighted by Crippen LogP contribution is 2.07. The van der Waals surface area contributed by atoms with Gasteiger partial charge in [-0.15, -0.1) is 0 Å². The molecule has 2 heterocycles. The van der Waals surface area contributed by atoms with Crippen molar-refractivity contribution in [1.82, 2.24) is 15.5 Å². The first kappa shape index (κ1) is 10.5. The van der Waals surface area contributed by atoms with Crippen LogP contribution in [0.2, 0.25) is 0 Å². The number of amides is 1. The van der Waals surface area contributed by atoms with Gasteiger partial charge in [0.1, 0.15) is 5.76 Å². The smallest absolute Gasteiger partial charge is 0.287 e. The van der Waals surface area contributed by atoms with Gasteiger partial charge in [0, 0.05) is 17.8 Å². The average Bonchev–Trinajstić information content (AvgIpc) is 2.84. The molecule has 2 N–H and O–H groups in total. The lowest BCUT2D eigenvalue weighted by Crippen LogP contribution is -2.22. The fourth-order valence-electron chi connectivity index (χ4n) is 1.37. The van der Waals surface area contributed by atoms with E-state index in [1.54, 1.807) is 25.3 Å². The van der Waals surface area contributed by atoms with E-state index >= 15 is 0 Å². The first-order valence-corrected chi connectivity index (χ1v) is 5.00. The molecule has 16 heavy (non-hydrogen) atoms. The van der Waals surface area contributed by atoms with Crippen LogP contribution < -0.4 is 5.32 Å². The van der Waals surface area contributed by atoms with Gasteiger partial charge in [-0.3, -0.25) is 9.89 Å². The number of hydrogen-bond acceptors (Lipinski definition) is 3. The highest BCUT2D eigenvalue weighted by atomic mass is 16.3. The van der Waals surface area contributed by atoms with Crippen LogP contribution in [0.3, 0.4) is 0 Å². The van der Waals surface area contributed by atoms with Gasteiger partial charge in [0.25, 0.3) is 5.91 Å². The second-order valence-corrected chi connectivity index (χ2v) is 3.61. The molecule has 1 amide bonds. The third kappa shape index (κ3) is 2.13. The number of furan rings is 1. The summed E-state index contributed by atoms with van der Waals surface area (Å²) in [5, 5.41) is 9.45. The molecule has 0 aromatic carbocycles. The van der Waals surface area contributed by atoms with Crippen molar-refractivity contribution < 1.29 is 9.21 Å². The Hall–Kier alpha value is -2.04. The quantitative estimate of drug-likeness (QED) is 0.822. The molecule has 84 valence electrons. The van der Waals surface area contributed by atoms with E-state index in [-0.39, 0.29) is 5.91 Å². The molecular formula is C11H13N3O2. The van der Waals surface area contributed by atoms with Crippen molar-refractivity contribution in [3.8, 4) is 0 Å². The van der Waals surface area contributed by atoms with Crippen LogP contribution in [0.5, 0.6) is 0 Å². The minimum absolute atomic E-state index is 0.214. The van der Waals surface area contributed by atoms with Crippen LogP contribution in [-0.2, 0) is 6.54 Å². The van der Waals surface area contributed by atoms with E-state index in [0.717, 1.165) is 17.0 Å². The van der Waals surface area contributed by atoms with Gasteiger partial charge in [0.2, 0.25) is 0 Å². The van der Waals surface area contributed by atoms with Crippen LogP contribution in [0.15, 0.2) is 22.7 Å². The molecule has 0 aliphatic rings. The van der Waals surface area contributed by atoms with E-state index in [1.165, 1.54) is 0 Å². The molecule has 0 atom stereocenters. The molecular weight excluding hydrogens is 206 g/mol. The molecule has 5 heteroatoms. The molecule has 2 aromatic heterocycles. The third-order valence-electron chi connectivity index (χ3n) is 2.34. The SMILES string of the molecule is Cc1ccc(C(=O)NCc2cn[nH]c2C)o1. The molecule has 2 rings (SSSR count). The number of hydrogen-bond donors (Lipinski definition) is 2. The standard InChI is InChI=1S/C11H13N3O2/c1-7-3-4-10(16-7)11(15)12-5-9-6-13-14-8(9)2/h3-4,6H,5H2,1-2H3,(H,12,15)(H,13,14). The maximum atomic E-state index is 11.6. The maximum absolute atomic E-state index is 11.6. The number of nitrogens with one attached hydrogen (secondary N) is 2. The van der Waals surface area contributed by atoms with Gasteiger partial charge >= 0.3 is 0 Å². The fourth-order valence-corrected chi connectivity index (χ4v) is 1.37. The summed E-state index contributed by atoms with van der Waals surface area (Å²) in [6.07, 6.45) is 1.70. The lowest BCUT2D eigenvalue weighted by atomic mass is 10.2. The van der Waals surface area contributed by atoms with Crippen LogP contribution in [0, 0.1) is 13.8 Å². The highest BCUT2D eigenvalue weighted by molar-refractivity contribution is 5.91. The van der Waals surface area contributed by atoms with E-state index in [4.69, 9.17) is 4.42 Å². The van der Waals surface area contributed by atoms with Crippen molar-refractivity contribution in [2.24, 2.45) is 0 Å². The Morgan fingerprint density at radius 2 is 2.31 bits per heavy atom. The fraction of sp³-hybridized carbons (Fsp3) is 0.273. The van der Waals surface area contributed by atoms with Crippen molar-refractivity contribution in [3.63, 3.8) is 0 Å². The predicted octanol–water partition coefficient (Wildman–Crippen LogP) is 1.55. The summed E-state index contributed by atoms with van der Waals surface area (Å²) in [5.41, 5.74) is 1.92. The number of carbonyl (C=O) groups excluding carboxylic acids is 1. The Balaban J connectivity index is 1.96. The molecule has 0 fully saturated rings. The van der Waals surface area contributed by atoms with Crippen LogP contribution in [0.1, 0.15) is 27.6 Å². The van der Waals surface area contributed by atoms with Crippen molar-refractivity contribution in [3.05, 3.63) is 41.1 Å². The molecule has 2 aromatic rings. The largest absolute Gasteiger partial charge is 0.456 e. The van der Waals surface area contributed by atoms with Gasteiger partial charge in [-0.2, -0.15) is 5.10 Å². The van der Waals surface area contributed by atoms with E-state index < -0.39 is 0 Å². The molecule has 0 unspecified atom stereocenters. The molecule has 0 spiro atoms. The normalized spacial score (nSPS) is 10.4. The second-order valence-electron chi connectivity index (χ2n) is 3.61. The number of aromatic nitrogens is 2. The number of aromatic amines is 1. The lowest BCUT2D eigenvalue weighted by Gasteiger charge is -2.01. The number of nitrogens with zero attached hydrogens (tertiary/aromatic N) is 1. The van der Waals surface area contributed by atoms with Gasteiger partial charge in [-0.05, 0) is 26.0 Å². The Kier molecular flexibility index (Phi) is 2.76. The molecule has 0 bridgehead atoms. The summed E-state index contributed by atoms with van der Waals surface area (Å²) in [5.74, 6) is 0.844. The number of carbonyl (C=O) groups is 1. The maximum Gasteiger partial charge on any atom is 0.287 e. The average molecular weight is 219 g/mol. The van der Waals surface area contributed by atoms with Crippen LogP contribution in [0.4, 0.5) is 0 Å². The summed E-state index contributed by atoms with van der Waals surface area (Å²) in [7, 11) is 0. The van der Waals surface area contributed by atoms with Crippen LogP contribution in [-0.4, -0.2) is 16.1 Å². The van der Waals surface area contributed by atoms with E-state index in [9.17, 15) is 4.79 Å². The Bertz CT molecular complexity index is 499. The topological polar surface area (TPSA) is 70.9 Å². The summed E-state index contributed by atoms with van der Waals surface area (Å²) >= 11 is 0. The minimum Gasteiger partial charge on any atom is -0.456 e. The van der Waals surface area contributed by atoms with E-state index in [1.807, 2.05) is 6.92 Å². The zero-order valence-electron chi connectivity index (χ0n) is 9.20. The number of aryl methyl sites for hydroxylation is 2. The van der Waals surface area contributed by atoms with Crippen molar-refractivity contribution in [2.75, 3.05) is 0 Å². The number of H-pyrrole nitrogens is 1. The lowest BCUT2D eigenvalue weighted by molar-refractivity contribution is 0.0922. The molecule has 0 saturated heterocycles. The summed E-state index contributed by atoms with van der Waals surface area (Å²) < 4.78 is 5.21. The first-order valence-electron chi connectivity index (χ1n) is 5.00. The summed E-state index contributed by atoms with van der Waals surface area (Å²) in [6.45, 7) is 4.16. The van der Waals surface area contributed by atoms with Crippen LogP contribution in [0.25, 0.3) is 0 Å². The Labute approximate surface area is 92.9 Å². The number of rotatable bonds is 3. The minimum atomic E-state index is -0.214. The molecule has 5 nitrogen and oxygen atoms in total. The van der Waals surface area contributed by atoms with Crippen LogP contribution >= 0.6 is 0 Å². The highest BCUT2D eigenvalue weighted by Gasteiger charge is 2.10. The van der Waals surface area contributed by atoms with Gasteiger partial charge in [-0.1, -0.05) is 0 Å². The molecule has 0 radical (unpaired) electrons. The van der Waals surface area contributed by atoms with Gasteiger partial charge in [0.15, 0.2) is 5.76 Å². The predicted molar refractivity (Wildman–Crippen MR) is 57.9 cm³/mol. The first-order chi connectivity index (χ1) is 7.66. The monoisotopic (exact) mass is 219 g/mol. The molecule has 0 aliphatic heterocycles.